The lowest BCUT2D eigenvalue weighted by Crippen LogP contribution is -2.37. The molecule has 2 aromatic rings. The third-order valence-corrected chi connectivity index (χ3v) is 6.27. The van der Waals surface area contributed by atoms with Gasteiger partial charge in [0.2, 0.25) is 0 Å². The highest BCUT2D eigenvalue weighted by atomic mass is 127. The molecule has 2 aliphatic heterocycles. The number of carbonyl (C=O) groups excluding carboxylic acids is 2. The second kappa shape index (κ2) is 23.4. The molecule has 0 aliphatic carbocycles. The summed E-state index contributed by atoms with van der Waals surface area (Å²) in [6.45, 7) is 6.82. The molecule has 2 aliphatic rings. The van der Waals surface area contributed by atoms with E-state index in [2.05, 4.69) is 6.07 Å². The summed E-state index contributed by atoms with van der Waals surface area (Å²) >= 11 is 0. The number of halogens is 1. The number of nitriles is 1. The first-order valence-corrected chi connectivity index (χ1v) is 14.6. The largest absolute Gasteiger partial charge is 0.508 e. The van der Waals surface area contributed by atoms with Crippen LogP contribution in [0.5, 0.6) is 11.5 Å². The number of esters is 2. The number of methoxy groups -OCH3 is 1. The van der Waals surface area contributed by atoms with Crippen molar-refractivity contribution in [2.24, 2.45) is 0 Å². The number of carbonyl (C=O) groups is 4. The zero-order valence-electron chi connectivity index (χ0n) is 27.2. The molecule has 2 fully saturated rings. The van der Waals surface area contributed by atoms with Gasteiger partial charge >= 0.3 is 11.9 Å². The summed E-state index contributed by atoms with van der Waals surface area (Å²) in [5, 5.41) is 35.1. The number of benzene rings is 2. The Balaban J connectivity index is 0.00000127. The number of carboxylic acids is 2. The van der Waals surface area contributed by atoms with Gasteiger partial charge in [-0.1, -0.05) is 12.1 Å². The number of hydrogen-bond acceptors (Lipinski definition) is 11. The molecule has 3 atom stereocenters. The van der Waals surface area contributed by atoms with E-state index in [9.17, 15) is 20.0 Å². The molecule has 0 aromatic heterocycles. The fourth-order valence-corrected chi connectivity index (χ4v) is 4.45. The van der Waals surface area contributed by atoms with Gasteiger partial charge in [0.05, 0.1) is 31.0 Å². The van der Waals surface area contributed by atoms with E-state index < -0.39 is 42.2 Å². The smallest absolute Gasteiger partial charge is 0.302 e. The van der Waals surface area contributed by atoms with Crippen LogP contribution in [0.4, 0.5) is 0 Å². The average molecular weight is 774 g/mol. The van der Waals surface area contributed by atoms with Crippen molar-refractivity contribution >= 4 is 47.9 Å². The zero-order valence-corrected chi connectivity index (χ0v) is 29.6. The van der Waals surface area contributed by atoms with E-state index in [4.69, 9.17) is 43.5 Å². The van der Waals surface area contributed by atoms with Crippen molar-refractivity contribution in [3.05, 3.63) is 58.7 Å². The summed E-state index contributed by atoms with van der Waals surface area (Å²) in [6.07, 6.45) is 2.17. The molecule has 2 saturated heterocycles. The Bertz CT molecular complexity index is 1290. The van der Waals surface area contributed by atoms with E-state index in [0.717, 1.165) is 43.9 Å². The van der Waals surface area contributed by atoms with Crippen molar-refractivity contribution < 1.29 is 58.2 Å². The molecular weight excluding hydrogens is 729 g/mol. The van der Waals surface area contributed by atoms with Crippen LogP contribution < -0.4 is 4.74 Å². The zero-order chi connectivity index (χ0) is 34.6. The lowest BCUT2D eigenvalue weighted by atomic mass is 9.91. The molecule has 0 amide bonds. The lowest BCUT2D eigenvalue weighted by Gasteiger charge is -2.35. The molecule has 4 rings (SSSR count). The highest BCUT2D eigenvalue weighted by molar-refractivity contribution is 14.0. The van der Waals surface area contributed by atoms with Crippen LogP contribution in [0.2, 0.25) is 0 Å². The van der Waals surface area contributed by atoms with Gasteiger partial charge in [-0.15, -0.1) is 24.0 Å². The van der Waals surface area contributed by atoms with E-state index in [1.165, 1.54) is 32.8 Å². The molecule has 0 spiro atoms. The maximum Gasteiger partial charge on any atom is 0.302 e. The molecule has 47 heavy (non-hydrogen) atoms. The number of aromatic hydroxyl groups is 1. The first-order valence-electron chi connectivity index (χ1n) is 14.6. The van der Waals surface area contributed by atoms with Crippen LogP contribution in [0.1, 0.15) is 81.7 Å². The monoisotopic (exact) mass is 773 g/mol. The summed E-state index contributed by atoms with van der Waals surface area (Å²) in [5.74, 6) is -1.87. The van der Waals surface area contributed by atoms with Crippen molar-refractivity contribution in [2.75, 3.05) is 26.9 Å². The molecule has 14 heteroatoms. The van der Waals surface area contributed by atoms with Crippen molar-refractivity contribution in [1.29, 1.82) is 5.26 Å². The normalized spacial score (nSPS) is 17.6. The average Bonchev–Trinajstić information content (AvgIpc) is 3.57. The maximum atomic E-state index is 11.5. The van der Waals surface area contributed by atoms with Gasteiger partial charge in [-0.05, 0) is 54.7 Å². The van der Waals surface area contributed by atoms with Gasteiger partial charge in [0.15, 0.2) is 0 Å². The number of phenolic OH excluding ortho intramolecular Hbond substituents is 1. The number of hydrogen-bond donors (Lipinski definition) is 3. The van der Waals surface area contributed by atoms with Crippen molar-refractivity contribution in [1.82, 2.24) is 0 Å². The van der Waals surface area contributed by atoms with Crippen LogP contribution in [0, 0.1) is 11.3 Å². The number of ether oxygens (including phenoxy) is 5. The van der Waals surface area contributed by atoms with Crippen molar-refractivity contribution in [2.45, 2.75) is 78.1 Å². The minimum Gasteiger partial charge on any atom is -0.508 e. The third kappa shape index (κ3) is 18.7. The number of nitrogens with zero attached hydrogens (tertiary/aromatic N) is 1. The predicted molar refractivity (Wildman–Crippen MR) is 180 cm³/mol. The SMILES string of the molecule is C1CCOC1.CC(=O)O.CC(=O)O.COc1ccc(Cc2cc([C@H]3C[C@@H](OC(C)=O)C[C@@H](COC(C)=O)O3)c(O)cc2C#N)cc1.I. The van der Waals surface area contributed by atoms with Crippen LogP contribution in [-0.2, 0) is 44.5 Å². The number of phenols is 1. The molecule has 0 radical (unpaired) electrons. The Morgan fingerprint density at radius 2 is 1.51 bits per heavy atom. The Morgan fingerprint density at radius 1 is 0.936 bits per heavy atom. The van der Waals surface area contributed by atoms with Gasteiger partial charge in [0, 0.05) is 59.3 Å². The maximum absolute atomic E-state index is 11.5. The van der Waals surface area contributed by atoms with Crippen LogP contribution in [0.15, 0.2) is 36.4 Å². The summed E-state index contributed by atoms with van der Waals surface area (Å²) in [5.41, 5.74) is 2.54. The Kier molecular flexibility index (Phi) is 21.4. The Labute approximate surface area is 291 Å². The molecule has 2 heterocycles. The quantitative estimate of drug-likeness (QED) is 0.246. The molecule has 0 saturated carbocycles. The van der Waals surface area contributed by atoms with Gasteiger partial charge in [-0.3, -0.25) is 19.2 Å². The van der Waals surface area contributed by atoms with E-state index in [1.807, 2.05) is 24.3 Å². The second-order valence-corrected chi connectivity index (χ2v) is 10.3. The standard InChI is InChI=1S/C25H27NO7.C4H8O.2C2H4O2.HI/c1-15(27)31-14-22-11-21(32-16(2)28)12-25(33-22)23-9-18(19(13-26)10-24(23)29)8-17-4-6-20(30-3)7-5-17;1-2-4-5-3-1;2*1-2(3)4;/h4-7,9-10,21-22,25,29H,8,11-12,14H2,1-3H3;1-4H2;2*1H3,(H,3,4);1H/t21-,22-,25+;;;;/m0..../s1. The van der Waals surface area contributed by atoms with E-state index in [-0.39, 0.29) is 36.3 Å². The topological polar surface area (TPSA) is 199 Å². The number of carboxylic acid groups (broad SMARTS) is 2. The molecule has 0 unspecified atom stereocenters. The molecule has 0 bridgehead atoms. The third-order valence-electron chi connectivity index (χ3n) is 6.27. The van der Waals surface area contributed by atoms with Gasteiger partial charge in [0.25, 0.3) is 11.9 Å². The minimum absolute atomic E-state index is 0. The van der Waals surface area contributed by atoms with E-state index >= 15 is 0 Å². The molecule has 260 valence electrons. The van der Waals surface area contributed by atoms with Crippen LogP contribution >= 0.6 is 24.0 Å². The number of aliphatic carboxylic acids is 2. The van der Waals surface area contributed by atoms with E-state index in [1.54, 1.807) is 13.2 Å². The van der Waals surface area contributed by atoms with Crippen LogP contribution in [0.3, 0.4) is 0 Å². The van der Waals surface area contributed by atoms with Crippen molar-refractivity contribution in [3.8, 4) is 17.6 Å². The molecule has 13 nitrogen and oxygen atoms in total. The molecule has 2 aromatic carbocycles. The first kappa shape index (κ1) is 43.1. The second-order valence-electron chi connectivity index (χ2n) is 10.3. The fraction of sp³-hybridized carbons (Fsp3) is 0.485. The summed E-state index contributed by atoms with van der Waals surface area (Å²) in [7, 11) is 1.59. The van der Waals surface area contributed by atoms with E-state index in [0.29, 0.717) is 30.4 Å². The molecular formula is C33H44INO12. The van der Waals surface area contributed by atoms with Gasteiger partial charge in [-0.25, -0.2) is 0 Å². The fourth-order valence-electron chi connectivity index (χ4n) is 4.45. The van der Waals surface area contributed by atoms with Gasteiger partial charge in [-0.2, -0.15) is 5.26 Å². The summed E-state index contributed by atoms with van der Waals surface area (Å²) in [6, 6.07) is 12.8. The van der Waals surface area contributed by atoms with Gasteiger partial charge in [0.1, 0.15) is 24.2 Å². The minimum atomic E-state index is -0.833. The summed E-state index contributed by atoms with van der Waals surface area (Å²) in [4.78, 5) is 40.8. The van der Waals surface area contributed by atoms with Gasteiger partial charge < -0.3 is 39.0 Å². The number of rotatable bonds is 7. The first-order chi connectivity index (χ1) is 21.7. The van der Waals surface area contributed by atoms with Crippen LogP contribution in [0.25, 0.3) is 0 Å². The Morgan fingerprint density at radius 3 is 1.96 bits per heavy atom. The van der Waals surface area contributed by atoms with Crippen LogP contribution in [-0.4, -0.2) is 78.3 Å². The highest BCUT2D eigenvalue weighted by Crippen LogP contribution is 2.39. The highest BCUT2D eigenvalue weighted by Gasteiger charge is 2.34. The predicted octanol–water partition coefficient (Wildman–Crippen LogP) is 5.17. The molecule has 3 N–H and O–H groups in total. The lowest BCUT2D eigenvalue weighted by molar-refractivity contribution is -0.169. The van der Waals surface area contributed by atoms with Crippen molar-refractivity contribution in [3.63, 3.8) is 0 Å². The summed E-state index contributed by atoms with van der Waals surface area (Å²) < 4.78 is 26.7. The Hall–Kier alpha value is -3.94.